The lowest BCUT2D eigenvalue weighted by atomic mass is 10.2. The summed E-state index contributed by atoms with van der Waals surface area (Å²) in [4.78, 5) is 16.9. The summed E-state index contributed by atoms with van der Waals surface area (Å²) < 4.78 is 15.9. The van der Waals surface area contributed by atoms with Crippen molar-refractivity contribution >= 4 is 28.7 Å². The normalized spacial score (nSPS) is 14.2. The van der Waals surface area contributed by atoms with E-state index < -0.39 is 6.09 Å². The van der Waals surface area contributed by atoms with E-state index in [0.717, 1.165) is 20.8 Å². The van der Waals surface area contributed by atoms with Crippen LogP contribution in [0.1, 0.15) is 5.82 Å². The molecule has 1 aromatic heterocycles. The Bertz CT molecular complexity index is 669. The average Bonchev–Trinajstić information content (AvgIpc) is 2.76. The van der Waals surface area contributed by atoms with Gasteiger partial charge in [-0.2, -0.15) is 0 Å². The highest BCUT2D eigenvalue weighted by Crippen LogP contribution is 2.28. The van der Waals surface area contributed by atoms with Crippen molar-refractivity contribution in [1.29, 1.82) is 0 Å². The number of nitrogens with zero attached hydrogens (tertiary/aromatic N) is 3. The molecule has 1 aromatic carbocycles. The molecule has 2 aromatic rings. The first-order valence-corrected chi connectivity index (χ1v) is 7.13. The van der Waals surface area contributed by atoms with Gasteiger partial charge in [0.25, 0.3) is 0 Å². The maximum absolute atomic E-state index is 13.0. The number of fused-ring (bicyclic) bond motifs is 1. The summed E-state index contributed by atoms with van der Waals surface area (Å²) in [7, 11) is 0. The largest absolute Gasteiger partial charge is 0.465 e. The van der Waals surface area contributed by atoms with Crippen LogP contribution in [0, 0.1) is 9.52 Å². The summed E-state index contributed by atoms with van der Waals surface area (Å²) in [6.45, 7) is 1.33. The summed E-state index contributed by atoms with van der Waals surface area (Å²) in [6, 6.07) is 6.15. The summed E-state index contributed by atoms with van der Waals surface area (Å²) in [6.07, 6.45) is -0.933. The molecule has 0 aliphatic carbocycles. The quantitative estimate of drug-likeness (QED) is 0.766. The number of aromatic nitrogens is 2. The van der Waals surface area contributed by atoms with Gasteiger partial charge in [0.15, 0.2) is 0 Å². The van der Waals surface area contributed by atoms with Crippen LogP contribution < -0.4 is 0 Å². The Kier molecular flexibility index (Phi) is 3.36. The maximum atomic E-state index is 13.0. The SMILES string of the molecule is O=C(O)N1CCn2c(nc(-c3ccc(F)cc3)c2I)C1. The van der Waals surface area contributed by atoms with Crippen molar-refractivity contribution in [2.45, 2.75) is 13.1 Å². The van der Waals surface area contributed by atoms with Gasteiger partial charge in [-0.15, -0.1) is 0 Å². The first-order valence-electron chi connectivity index (χ1n) is 6.05. The number of carbonyl (C=O) groups is 1. The minimum Gasteiger partial charge on any atom is -0.465 e. The van der Waals surface area contributed by atoms with Crippen molar-refractivity contribution in [3.05, 3.63) is 39.6 Å². The molecule has 0 atom stereocenters. The first kappa shape index (κ1) is 13.3. The van der Waals surface area contributed by atoms with E-state index >= 15 is 0 Å². The number of benzene rings is 1. The number of imidazole rings is 1. The number of halogens is 2. The van der Waals surface area contributed by atoms with Gasteiger partial charge in [-0.3, -0.25) is 4.90 Å². The maximum Gasteiger partial charge on any atom is 0.407 e. The average molecular weight is 387 g/mol. The summed E-state index contributed by atoms with van der Waals surface area (Å²) in [5.41, 5.74) is 1.60. The molecule has 3 rings (SSSR count). The van der Waals surface area contributed by atoms with Crippen molar-refractivity contribution in [2.75, 3.05) is 6.54 Å². The molecule has 1 amide bonds. The Hall–Kier alpha value is -1.64. The van der Waals surface area contributed by atoms with Crippen LogP contribution in [0.3, 0.4) is 0 Å². The third-order valence-corrected chi connectivity index (χ3v) is 4.39. The zero-order valence-electron chi connectivity index (χ0n) is 10.4. The zero-order valence-corrected chi connectivity index (χ0v) is 12.5. The second kappa shape index (κ2) is 5.04. The smallest absolute Gasteiger partial charge is 0.407 e. The molecule has 5 nitrogen and oxygen atoms in total. The van der Waals surface area contributed by atoms with E-state index in [1.807, 2.05) is 4.57 Å². The van der Waals surface area contributed by atoms with Crippen LogP contribution in [0.5, 0.6) is 0 Å². The van der Waals surface area contributed by atoms with Gasteiger partial charge in [0.05, 0.1) is 6.54 Å². The van der Waals surface area contributed by atoms with Crippen molar-refractivity contribution in [3.63, 3.8) is 0 Å². The van der Waals surface area contributed by atoms with Gasteiger partial charge in [-0.05, 0) is 46.9 Å². The minimum absolute atomic E-state index is 0.284. The van der Waals surface area contributed by atoms with Gasteiger partial charge in [0.2, 0.25) is 0 Å². The highest BCUT2D eigenvalue weighted by atomic mass is 127. The summed E-state index contributed by atoms with van der Waals surface area (Å²) in [5.74, 6) is 0.437. The van der Waals surface area contributed by atoms with Crippen molar-refractivity contribution in [3.8, 4) is 11.3 Å². The van der Waals surface area contributed by atoms with Gasteiger partial charge in [0, 0.05) is 18.7 Å². The predicted molar refractivity (Wildman–Crippen MR) is 78.8 cm³/mol. The lowest BCUT2D eigenvalue weighted by Crippen LogP contribution is -2.37. The Balaban J connectivity index is 1.99. The van der Waals surface area contributed by atoms with Crippen LogP contribution >= 0.6 is 22.6 Å². The molecule has 1 aliphatic heterocycles. The van der Waals surface area contributed by atoms with Gasteiger partial charge in [-0.1, -0.05) is 0 Å². The molecule has 104 valence electrons. The molecule has 1 N–H and O–H groups in total. The molecule has 2 heterocycles. The number of rotatable bonds is 1. The lowest BCUT2D eigenvalue weighted by molar-refractivity contribution is 0.131. The van der Waals surface area contributed by atoms with Crippen LogP contribution in [0.2, 0.25) is 0 Å². The molecule has 0 spiro atoms. The van der Waals surface area contributed by atoms with E-state index in [-0.39, 0.29) is 12.4 Å². The van der Waals surface area contributed by atoms with E-state index in [0.29, 0.717) is 13.1 Å². The minimum atomic E-state index is -0.933. The second-order valence-electron chi connectivity index (χ2n) is 4.53. The third kappa shape index (κ3) is 2.26. The summed E-state index contributed by atoms with van der Waals surface area (Å²) in [5, 5.41) is 9.03. The van der Waals surface area contributed by atoms with E-state index in [1.54, 1.807) is 12.1 Å². The van der Waals surface area contributed by atoms with Crippen LogP contribution in [-0.4, -0.2) is 32.2 Å². The Morgan fingerprint density at radius 3 is 2.65 bits per heavy atom. The van der Waals surface area contributed by atoms with Crippen LogP contribution in [0.4, 0.5) is 9.18 Å². The molecule has 0 saturated heterocycles. The van der Waals surface area contributed by atoms with E-state index in [2.05, 4.69) is 27.6 Å². The van der Waals surface area contributed by atoms with E-state index in [1.165, 1.54) is 17.0 Å². The number of carboxylic acid groups (broad SMARTS) is 1. The molecule has 0 unspecified atom stereocenters. The molecular formula is C13H11FIN3O2. The second-order valence-corrected chi connectivity index (χ2v) is 5.55. The van der Waals surface area contributed by atoms with Crippen molar-refractivity contribution < 1.29 is 14.3 Å². The van der Waals surface area contributed by atoms with Gasteiger partial charge in [-0.25, -0.2) is 14.2 Å². The Morgan fingerprint density at radius 2 is 2.00 bits per heavy atom. The molecule has 20 heavy (non-hydrogen) atoms. The van der Waals surface area contributed by atoms with Crippen molar-refractivity contribution in [2.24, 2.45) is 0 Å². The summed E-state index contributed by atoms with van der Waals surface area (Å²) >= 11 is 2.20. The molecule has 7 heteroatoms. The van der Waals surface area contributed by atoms with Crippen LogP contribution in [-0.2, 0) is 13.1 Å². The third-order valence-electron chi connectivity index (χ3n) is 3.30. The zero-order chi connectivity index (χ0) is 14.3. The fraction of sp³-hybridized carbons (Fsp3) is 0.231. The fourth-order valence-electron chi connectivity index (χ4n) is 2.25. The molecule has 0 saturated carbocycles. The highest BCUT2D eigenvalue weighted by molar-refractivity contribution is 14.1. The lowest BCUT2D eigenvalue weighted by Gasteiger charge is -2.25. The van der Waals surface area contributed by atoms with E-state index in [4.69, 9.17) is 5.11 Å². The monoisotopic (exact) mass is 387 g/mol. The molecule has 0 bridgehead atoms. The van der Waals surface area contributed by atoms with Crippen molar-refractivity contribution in [1.82, 2.24) is 14.5 Å². The molecular weight excluding hydrogens is 376 g/mol. The Morgan fingerprint density at radius 1 is 1.30 bits per heavy atom. The van der Waals surface area contributed by atoms with Gasteiger partial charge in [0.1, 0.15) is 21.0 Å². The number of amides is 1. The standard InChI is InChI=1S/C13H11FIN3O2/c14-9-3-1-8(2-4-9)11-12(15)18-6-5-17(13(19)20)7-10(18)16-11/h1-4H,5-7H2,(H,19,20). The van der Waals surface area contributed by atoms with Gasteiger partial charge < -0.3 is 9.67 Å². The number of hydrogen-bond acceptors (Lipinski definition) is 2. The van der Waals surface area contributed by atoms with Gasteiger partial charge >= 0.3 is 6.09 Å². The molecule has 0 fully saturated rings. The fourth-order valence-corrected chi connectivity index (χ4v) is 3.20. The Labute approximate surface area is 128 Å². The van der Waals surface area contributed by atoms with Crippen LogP contribution in [0.15, 0.2) is 24.3 Å². The molecule has 1 aliphatic rings. The molecule has 0 radical (unpaired) electrons. The topological polar surface area (TPSA) is 58.4 Å². The number of hydrogen-bond donors (Lipinski definition) is 1. The highest BCUT2D eigenvalue weighted by Gasteiger charge is 2.25. The first-order chi connectivity index (χ1) is 9.56. The van der Waals surface area contributed by atoms with Crippen LogP contribution in [0.25, 0.3) is 11.3 Å². The predicted octanol–water partition coefficient (Wildman–Crippen LogP) is 2.79. The van der Waals surface area contributed by atoms with E-state index in [9.17, 15) is 9.18 Å².